The first kappa shape index (κ1) is 9.01. The molecule has 0 bridgehead atoms. The van der Waals surface area contributed by atoms with Crippen molar-refractivity contribution in [2.75, 3.05) is 19.6 Å². The summed E-state index contributed by atoms with van der Waals surface area (Å²) in [5.74, 6) is 0.617. The fourth-order valence-corrected chi connectivity index (χ4v) is 1.48. The molecule has 1 saturated heterocycles. The maximum absolute atomic E-state index is 9.51. The van der Waals surface area contributed by atoms with E-state index in [1.54, 1.807) is 0 Å². The van der Waals surface area contributed by atoms with Gasteiger partial charge in [0.05, 0.1) is 6.10 Å². The molecule has 0 amide bonds. The summed E-state index contributed by atoms with van der Waals surface area (Å²) in [5.41, 5.74) is 0. The third-order valence-corrected chi connectivity index (χ3v) is 2.16. The summed E-state index contributed by atoms with van der Waals surface area (Å²) in [4.78, 5) is 2.31. The van der Waals surface area contributed by atoms with E-state index in [-0.39, 0.29) is 6.10 Å². The van der Waals surface area contributed by atoms with Gasteiger partial charge >= 0.3 is 0 Å². The van der Waals surface area contributed by atoms with Crippen LogP contribution in [-0.2, 0) is 0 Å². The van der Waals surface area contributed by atoms with E-state index >= 15 is 0 Å². The molecule has 1 aliphatic heterocycles. The minimum absolute atomic E-state index is 0.102. The lowest BCUT2D eigenvalue weighted by Gasteiger charge is -2.32. The Hall–Kier alpha value is -0.0800. The SMILES string of the molecule is CC(C)C[C@H](O)CN1CCC1. The van der Waals surface area contributed by atoms with Gasteiger partial charge in [0.15, 0.2) is 0 Å². The Kier molecular flexibility index (Phi) is 3.34. The number of aliphatic hydroxyl groups is 1. The lowest BCUT2D eigenvalue weighted by Crippen LogP contribution is -2.42. The predicted molar refractivity (Wildman–Crippen MR) is 46.5 cm³/mol. The minimum atomic E-state index is -0.102. The van der Waals surface area contributed by atoms with E-state index < -0.39 is 0 Å². The van der Waals surface area contributed by atoms with E-state index in [4.69, 9.17) is 0 Å². The average Bonchev–Trinajstić information content (AvgIpc) is 1.77. The summed E-state index contributed by atoms with van der Waals surface area (Å²) in [6.45, 7) is 7.57. The first-order valence-corrected chi connectivity index (χ1v) is 4.59. The van der Waals surface area contributed by atoms with E-state index in [0.717, 1.165) is 13.0 Å². The summed E-state index contributed by atoms with van der Waals surface area (Å²) in [5, 5.41) is 9.51. The van der Waals surface area contributed by atoms with Crippen LogP contribution < -0.4 is 0 Å². The van der Waals surface area contributed by atoms with Crippen LogP contribution in [0.1, 0.15) is 26.7 Å². The van der Waals surface area contributed by atoms with Crippen LogP contribution >= 0.6 is 0 Å². The summed E-state index contributed by atoms with van der Waals surface area (Å²) in [6.07, 6.45) is 2.15. The number of nitrogens with zero attached hydrogens (tertiary/aromatic N) is 1. The Morgan fingerprint density at radius 1 is 1.36 bits per heavy atom. The second-order valence-electron chi connectivity index (χ2n) is 3.94. The van der Waals surface area contributed by atoms with Crippen molar-refractivity contribution in [1.29, 1.82) is 0 Å². The van der Waals surface area contributed by atoms with Gasteiger partial charge in [-0.15, -0.1) is 0 Å². The highest BCUT2D eigenvalue weighted by molar-refractivity contribution is 4.72. The number of β-amino-alcohol motifs (C(OH)–C–C–N with tert-alkyl or cyclic N) is 1. The van der Waals surface area contributed by atoms with Crippen LogP contribution in [0.5, 0.6) is 0 Å². The fourth-order valence-electron chi connectivity index (χ4n) is 1.48. The highest BCUT2D eigenvalue weighted by Crippen LogP contribution is 2.10. The Balaban J connectivity index is 2.04. The van der Waals surface area contributed by atoms with Gasteiger partial charge in [0, 0.05) is 6.54 Å². The van der Waals surface area contributed by atoms with Crippen LogP contribution in [-0.4, -0.2) is 35.7 Å². The van der Waals surface area contributed by atoms with Gasteiger partial charge in [-0.05, 0) is 31.8 Å². The molecule has 0 radical (unpaired) electrons. The summed E-state index contributed by atoms with van der Waals surface area (Å²) in [6, 6.07) is 0. The predicted octanol–water partition coefficient (Wildman–Crippen LogP) is 1.10. The lowest BCUT2D eigenvalue weighted by atomic mass is 10.0. The molecule has 1 rings (SSSR count). The number of hydrogen-bond donors (Lipinski definition) is 1. The van der Waals surface area contributed by atoms with Gasteiger partial charge in [0.25, 0.3) is 0 Å². The largest absolute Gasteiger partial charge is 0.392 e. The fraction of sp³-hybridized carbons (Fsp3) is 1.00. The number of hydrogen-bond acceptors (Lipinski definition) is 2. The first-order valence-electron chi connectivity index (χ1n) is 4.59. The van der Waals surface area contributed by atoms with Gasteiger partial charge < -0.3 is 10.0 Å². The molecule has 0 aromatic carbocycles. The summed E-state index contributed by atoms with van der Waals surface area (Å²) >= 11 is 0. The molecule has 2 heteroatoms. The van der Waals surface area contributed by atoms with Crippen molar-refractivity contribution in [3.63, 3.8) is 0 Å². The standard InChI is InChI=1S/C9H19NO/c1-8(2)6-9(11)7-10-4-3-5-10/h8-9,11H,3-7H2,1-2H3/t9-/m0/s1. The van der Waals surface area contributed by atoms with Crippen LogP contribution in [0.3, 0.4) is 0 Å². The average molecular weight is 157 g/mol. The lowest BCUT2D eigenvalue weighted by molar-refractivity contribution is 0.0661. The molecule has 0 aliphatic carbocycles. The Morgan fingerprint density at radius 2 is 2.00 bits per heavy atom. The zero-order valence-corrected chi connectivity index (χ0v) is 7.58. The number of aliphatic hydroxyl groups excluding tert-OH is 1. The molecule has 0 spiro atoms. The second kappa shape index (κ2) is 4.07. The molecular formula is C9H19NO. The highest BCUT2D eigenvalue weighted by atomic mass is 16.3. The smallest absolute Gasteiger partial charge is 0.0669 e. The topological polar surface area (TPSA) is 23.5 Å². The number of likely N-dealkylation sites (tertiary alicyclic amines) is 1. The van der Waals surface area contributed by atoms with E-state index in [1.165, 1.54) is 19.5 Å². The van der Waals surface area contributed by atoms with E-state index in [2.05, 4.69) is 18.7 Å². The van der Waals surface area contributed by atoms with Crippen LogP contribution in [0.25, 0.3) is 0 Å². The normalized spacial score (nSPS) is 21.8. The van der Waals surface area contributed by atoms with Gasteiger partial charge in [0.1, 0.15) is 0 Å². The van der Waals surface area contributed by atoms with Gasteiger partial charge in [-0.2, -0.15) is 0 Å². The third-order valence-electron chi connectivity index (χ3n) is 2.16. The molecule has 0 aromatic rings. The molecule has 1 fully saturated rings. The molecule has 0 aromatic heterocycles. The monoisotopic (exact) mass is 157 g/mol. The van der Waals surface area contributed by atoms with Crippen LogP contribution in [0.15, 0.2) is 0 Å². The van der Waals surface area contributed by atoms with Crippen LogP contribution in [0, 0.1) is 5.92 Å². The molecule has 2 nitrogen and oxygen atoms in total. The molecule has 1 aliphatic rings. The minimum Gasteiger partial charge on any atom is -0.392 e. The van der Waals surface area contributed by atoms with Crippen molar-refractivity contribution in [2.24, 2.45) is 5.92 Å². The Bertz CT molecular complexity index is 110. The Morgan fingerprint density at radius 3 is 2.36 bits per heavy atom. The van der Waals surface area contributed by atoms with E-state index in [9.17, 15) is 5.11 Å². The van der Waals surface area contributed by atoms with Crippen LogP contribution in [0.2, 0.25) is 0 Å². The van der Waals surface area contributed by atoms with Crippen LogP contribution in [0.4, 0.5) is 0 Å². The van der Waals surface area contributed by atoms with Gasteiger partial charge in [-0.25, -0.2) is 0 Å². The summed E-state index contributed by atoms with van der Waals surface area (Å²) in [7, 11) is 0. The maximum Gasteiger partial charge on any atom is 0.0669 e. The summed E-state index contributed by atoms with van der Waals surface area (Å²) < 4.78 is 0. The molecule has 1 heterocycles. The number of rotatable bonds is 4. The molecule has 66 valence electrons. The second-order valence-corrected chi connectivity index (χ2v) is 3.94. The first-order chi connectivity index (χ1) is 5.18. The Labute approximate surface area is 69.2 Å². The molecular weight excluding hydrogens is 138 g/mol. The van der Waals surface area contributed by atoms with E-state index in [1.807, 2.05) is 0 Å². The van der Waals surface area contributed by atoms with Gasteiger partial charge in [0.2, 0.25) is 0 Å². The van der Waals surface area contributed by atoms with Crippen molar-refractivity contribution in [3.8, 4) is 0 Å². The zero-order chi connectivity index (χ0) is 8.27. The maximum atomic E-state index is 9.51. The van der Waals surface area contributed by atoms with E-state index in [0.29, 0.717) is 5.92 Å². The van der Waals surface area contributed by atoms with Crippen molar-refractivity contribution in [2.45, 2.75) is 32.8 Å². The van der Waals surface area contributed by atoms with Crippen molar-refractivity contribution < 1.29 is 5.11 Å². The van der Waals surface area contributed by atoms with Gasteiger partial charge in [-0.3, -0.25) is 0 Å². The molecule has 11 heavy (non-hydrogen) atoms. The molecule has 1 N–H and O–H groups in total. The molecule has 0 unspecified atom stereocenters. The molecule has 1 atom stereocenters. The molecule has 0 saturated carbocycles. The van der Waals surface area contributed by atoms with Crippen molar-refractivity contribution in [1.82, 2.24) is 4.90 Å². The zero-order valence-electron chi connectivity index (χ0n) is 7.58. The quantitative estimate of drug-likeness (QED) is 0.660. The van der Waals surface area contributed by atoms with Crippen molar-refractivity contribution >= 4 is 0 Å². The van der Waals surface area contributed by atoms with Gasteiger partial charge in [-0.1, -0.05) is 13.8 Å². The third kappa shape index (κ3) is 3.21. The van der Waals surface area contributed by atoms with Crippen molar-refractivity contribution in [3.05, 3.63) is 0 Å². The highest BCUT2D eigenvalue weighted by Gasteiger charge is 2.17.